The summed E-state index contributed by atoms with van der Waals surface area (Å²) in [7, 11) is 0. The van der Waals surface area contributed by atoms with Crippen molar-refractivity contribution in [3.63, 3.8) is 0 Å². The molecule has 0 spiro atoms. The van der Waals surface area contributed by atoms with E-state index in [1.165, 1.54) is 19.3 Å². The van der Waals surface area contributed by atoms with Crippen molar-refractivity contribution in [2.45, 2.75) is 45.2 Å². The molecule has 10 heteroatoms. The van der Waals surface area contributed by atoms with Gasteiger partial charge in [-0.25, -0.2) is 0 Å². The Labute approximate surface area is 235 Å². The van der Waals surface area contributed by atoms with Gasteiger partial charge in [-0.15, -0.1) is 16.4 Å². The summed E-state index contributed by atoms with van der Waals surface area (Å²) in [6.45, 7) is 6.83. The average molecular weight is 564 g/mol. The van der Waals surface area contributed by atoms with Gasteiger partial charge < -0.3 is 10.6 Å². The van der Waals surface area contributed by atoms with Gasteiger partial charge in [0.05, 0.1) is 15.8 Å². The van der Waals surface area contributed by atoms with Crippen LogP contribution in [-0.2, 0) is 16.9 Å². The summed E-state index contributed by atoms with van der Waals surface area (Å²) < 4.78 is 1.13. The lowest BCUT2D eigenvalue weighted by atomic mass is 9.94. The largest absolute Gasteiger partial charge is 0.342 e. The number of hydrogen-bond acceptors (Lipinski definition) is 6. The summed E-state index contributed by atoms with van der Waals surface area (Å²) >= 11 is 7.48. The highest BCUT2D eigenvalue weighted by molar-refractivity contribution is 7.20. The number of benzene rings is 2. The number of rotatable bonds is 8. The third-order valence-electron chi connectivity index (χ3n) is 6.98. The third kappa shape index (κ3) is 5.90. The zero-order chi connectivity index (χ0) is 27.6. The van der Waals surface area contributed by atoms with Crippen molar-refractivity contribution in [3.8, 4) is 0 Å². The van der Waals surface area contributed by atoms with Crippen LogP contribution in [0.5, 0.6) is 0 Å². The molecule has 1 fully saturated rings. The SMILES string of the molecule is CC(C)(NC(=O)c1cc2c(NC(=O)c3ccc(CN4CCCCC4)cc3)nn(C=O)c2s1)c1ccccc1Cl. The Balaban J connectivity index is 1.32. The number of likely N-dealkylation sites (tertiary alicyclic amines) is 1. The molecule has 2 N–H and O–H groups in total. The molecule has 1 saturated heterocycles. The number of thiophene rings is 1. The zero-order valence-corrected chi connectivity index (χ0v) is 23.4. The van der Waals surface area contributed by atoms with Gasteiger partial charge in [-0.3, -0.25) is 19.3 Å². The molecule has 0 radical (unpaired) electrons. The molecule has 1 aliphatic rings. The third-order valence-corrected chi connectivity index (χ3v) is 8.44. The lowest BCUT2D eigenvalue weighted by molar-refractivity contribution is 0.0915. The number of hydrogen-bond donors (Lipinski definition) is 2. The Kier molecular flexibility index (Phi) is 7.83. The fourth-order valence-electron chi connectivity index (χ4n) is 4.90. The lowest BCUT2D eigenvalue weighted by Crippen LogP contribution is -2.40. The highest BCUT2D eigenvalue weighted by Gasteiger charge is 2.27. The Morgan fingerprint density at radius 3 is 2.46 bits per heavy atom. The minimum Gasteiger partial charge on any atom is -0.342 e. The van der Waals surface area contributed by atoms with Crippen molar-refractivity contribution in [2.24, 2.45) is 0 Å². The van der Waals surface area contributed by atoms with Gasteiger partial charge in [0.15, 0.2) is 5.82 Å². The monoisotopic (exact) mass is 563 g/mol. The number of piperidine rings is 1. The second-order valence-electron chi connectivity index (χ2n) is 10.3. The predicted molar refractivity (Wildman–Crippen MR) is 155 cm³/mol. The molecule has 8 nitrogen and oxygen atoms in total. The molecule has 202 valence electrons. The van der Waals surface area contributed by atoms with E-state index < -0.39 is 5.54 Å². The first kappa shape index (κ1) is 27.1. The number of anilines is 1. The van der Waals surface area contributed by atoms with Crippen molar-refractivity contribution in [1.29, 1.82) is 0 Å². The highest BCUT2D eigenvalue weighted by Crippen LogP contribution is 2.33. The summed E-state index contributed by atoms with van der Waals surface area (Å²) in [6.07, 6.45) is 4.31. The Morgan fingerprint density at radius 1 is 1.05 bits per heavy atom. The van der Waals surface area contributed by atoms with Crippen LogP contribution in [0.3, 0.4) is 0 Å². The van der Waals surface area contributed by atoms with Crippen LogP contribution in [0.15, 0.2) is 54.6 Å². The fraction of sp³-hybridized carbons (Fsp3) is 0.310. The number of fused-ring (bicyclic) bond motifs is 1. The Bertz CT molecular complexity index is 1520. The molecule has 0 unspecified atom stereocenters. The molecule has 2 amide bonds. The topological polar surface area (TPSA) is 96.3 Å². The van der Waals surface area contributed by atoms with Crippen LogP contribution in [0.2, 0.25) is 5.02 Å². The number of halogens is 1. The maximum Gasteiger partial charge on any atom is 0.262 e. The van der Waals surface area contributed by atoms with E-state index in [-0.39, 0.29) is 17.6 Å². The van der Waals surface area contributed by atoms with Gasteiger partial charge in [0, 0.05) is 17.1 Å². The van der Waals surface area contributed by atoms with Crippen molar-refractivity contribution < 1.29 is 14.4 Å². The zero-order valence-electron chi connectivity index (χ0n) is 21.9. The molecule has 3 heterocycles. The van der Waals surface area contributed by atoms with Crippen LogP contribution in [0, 0.1) is 0 Å². The van der Waals surface area contributed by atoms with Crippen LogP contribution in [0.4, 0.5) is 5.82 Å². The first-order valence-corrected chi connectivity index (χ1v) is 14.1. The molecule has 39 heavy (non-hydrogen) atoms. The number of carbonyl (C=O) groups excluding carboxylic acids is 3. The van der Waals surface area contributed by atoms with Crippen LogP contribution < -0.4 is 10.6 Å². The number of amides is 2. The van der Waals surface area contributed by atoms with Gasteiger partial charge >= 0.3 is 0 Å². The highest BCUT2D eigenvalue weighted by atomic mass is 35.5. The van der Waals surface area contributed by atoms with E-state index in [0.29, 0.717) is 32.1 Å². The van der Waals surface area contributed by atoms with Crippen molar-refractivity contribution in [3.05, 3.63) is 81.2 Å². The molecule has 0 saturated carbocycles. The van der Waals surface area contributed by atoms with E-state index >= 15 is 0 Å². The van der Waals surface area contributed by atoms with E-state index in [0.717, 1.165) is 46.8 Å². The van der Waals surface area contributed by atoms with Crippen molar-refractivity contribution in [2.75, 3.05) is 18.4 Å². The van der Waals surface area contributed by atoms with Gasteiger partial charge in [-0.05, 0) is 75.2 Å². The summed E-state index contributed by atoms with van der Waals surface area (Å²) in [6, 6.07) is 16.5. The van der Waals surface area contributed by atoms with E-state index in [2.05, 4.69) is 20.6 Å². The van der Waals surface area contributed by atoms with Crippen molar-refractivity contribution >= 4 is 57.2 Å². The Hall–Kier alpha value is -3.53. The maximum absolute atomic E-state index is 13.2. The van der Waals surface area contributed by atoms with Crippen LogP contribution in [0.25, 0.3) is 10.2 Å². The number of carbonyl (C=O) groups is 3. The van der Waals surface area contributed by atoms with Gasteiger partial charge in [0.2, 0.25) is 6.41 Å². The standard InChI is InChI=1S/C29H30ClN5O3S/c1-29(2,22-8-4-5-9-23(22)30)32-27(38)24-16-21-25(33-35(18-36)28(21)39-24)31-26(37)20-12-10-19(11-13-20)17-34-14-6-3-7-15-34/h4-5,8-13,16,18H,3,6-7,14-15,17H2,1-2H3,(H,32,38)(H,31,33,37). The smallest absolute Gasteiger partial charge is 0.262 e. The number of nitrogens with zero attached hydrogens (tertiary/aromatic N) is 3. The molecule has 2 aromatic heterocycles. The second kappa shape index (κ2) is 11.3. The van der Waals surface area contributed by atoms with E-state index in [4.69, 9.17) is 11.6 Å². The summed E-state index contributed by atoms with van der Waals surface area (Å²) in [5.41, 5.74) is 1.70. The summed E-state index contributed by atoms with van der Waals surface area (Å²) in [4.78, 5) is 41.2. The molecule has 0 atom stereocenters. The van der Waals surface area contributed by atoms with Crippen LogP contribution >= 0.6 is 22.9 Å². The Morgan fingerprint density at radius 2 is 1.77 bits per heavy atom. The molecule has 5 rings (SSSR count). The van der Waals surface area contributed by atoms with Crippen LogP contribution in [-0.4, -0.2) is 46.0 Å². The van der Waals surface area contributed by atoms with Gasteiger partial charge in [-0.2, -0.15) is 4.68 Å². The van der Waals surface area contributed by atoms with E-state index in [1.807, 2.05) is 44.2 Å². The maximum atomic E-state index is 13.2. The molecule has 0 bridgehead atoms. The predicted octanol–water partition coefficient (Wildman–Crippen LogP) is 5.69. The molecule has 4 aromatic rings. The minimum atomic E-state index is -0.737. The molecule has 1 aliphatic heterocycles. The summed E-state index contributed by atoms with van der Waals surface area (Å²) in [5.74, 6) is -0.436. The first-order chi connectivity index (χ1) is 18.7. The second-order valence-corrected chi connectivity index (χ2v) is 11.7. The number of aromatic nitrogens is 2. The van der Waals surface area contributed by atoms with E-state index in [1.54, 1.807) is 24.3 Å². The molecular formula is C29H30ClN5O3S. The fourth-order valence-corrected chi connectivity index (χ4v) is 6.25. The summed E-state index contributed by atoms with van der Waals surface area (Å²) in [5, 5.41) is 11.1. The average Bonchev–Trinajstić information content (AvgIpc) is 3.50. The van der Waals surface area contributed by atoms with Crippen LogP contribution in [0.1, 0.15) is 64.3 Å². The lowest BCUT2D eigenvalue weighted by Gasteiger charge is -2.27. The van der Waals surface area contributed by atoms with Gasteiger partial charge in [0.1, 0.15) is 4.83 Å². The van der Waals surface area contributed by atoms with E-state index in [9.17, 15) is 14.4 Å². The van der Waals surface area contributed by atoms with Gasteiger partial charge in [-0.1, -0.05) is 48.4 Å². The molecule has 2 aromatic carbocycles. The molecular weight excluding hydrogens is 534 g/mol. The van der Waals surface area contributed by atoms with Crippen molar-refractivity contribution in [1.82, 2.24) is 20.0 Å². The molecule has 0 aliphatic carbocycles. The normalized spacial score (nSPS) is 14.3. The van der Waals surface area contributed by atoms with Gasteiger partial charge in [0.25, 0.3) is 11.8 Å². The first-order valence-electron chi connectivity index (χ1n) is 12.9. The number of nitrogens with one attached hydrogen (secondary N) is 2. The quantitative estimate of drug-likeness (QED) is 0.268. The minimum absolute atomic E-state index is 0.222.